The molecular weight excluding hydrogens is 475 g/mol. The predicted octanol–water partition coefficient (Wildman–Crippen LogP) is 4.06. The zero-order chi connectivity index (χ0) is 25.7. The lowest BCUT2D eigenvalue weighted by Gasteiger charge is -2.22. The van der Waals surface area contributed by atoms with E-state index >= 15 is 0 Å². The lowest BCUT2D eigenvalue weighted by Crippen LogP contribution is -2.29. The number of pyridine rings is 1. The molecule has 1 saturated heterocycles. The molecule has 1 aromatic carbocycles. The molecule has 36 heavy (non-hydrogen) atoms. The fourth-order valence-corrected chi connectivity index (χ4v) is 3.83. The highest BCUT2D eigenvalue weighted by molar-refractivity contribution is 5.92. The van der Waals surface area contributed by atoms with Crippen molar-refractivity contribution in [2.24, 2.45) is 5.73 Å². The van der Waals surface area contributed by atoms with Crippen LogP contribution in [0.3, 0.4) is 0 Å². The molecule has 8 nitrogen and oxygen atoms in total. The third-order valence-corrected chi connectivity index (χ3v) is 5.87. The average Bonchev–Trinajstić information content (AvgIpc) is 2.88. The van der Waals surface area contributed by atoms with Crippen molar-refractivity contribution in [3.8, 4) is 17.1 Å². The smallest absolute Gasteiger partial charge is 0.417 e. The molecule has 1 aliphatic rings. The van der Waals surface area contributed by atoms with Gasteiger partial charge in [0.2, 0.25) is 0 Å². The summed E-state index contributed by atoms with van der Waals surface area (Å²) in [5, 5.41) is 2.87. The van der Waals surface area contributed by atoms with E-state index in [0.29, 0.717) is 30.0 Å². The quantitative estimate of drug-likeness (QED) is 0.502. The van der Waals surface area contributed by atoms with E-state index in [-0.39, 0.29) is 24.4 Å². The van der Waals surface area contributed by atoms with Gasteiger partial charge in [-0.1, -0.05) is 24.3 Å². The maximum atomic E-state index is 13.2. The van der Waals surface area contributed by atoms with Gasteiger partial charge in [-0.25, -0.2) is 4.98 Å². The Morgan fingerprint density at radius 1 is 1.19 bits per heavy atom. The molecule has 1 atom stereocenters. The van der Waals surface area contributed by atoms with Crippen LogP contribution in [0.4, 0.5) is 13.2 Å². The zero-order valence-electron chi connectivity index (χ0n) is 19.6. The van der Waals surface area contributed by atoms with Gasteiger partial charge in [0, 0.05) is 37.3 Å². The third kappa shape index (κ3) is 6.16. The van der Waals surface area contributed by atoms with Gasteiger partial charge in [0.15, 0.2) is 0 Å². The molecule has 11 heteroatoms. The average molecular weight is 502 g/mol. The highest BCUT2D eigenvalue weighted by atomic mass is 19.4. The van der Waals surface area contributed by atoms with E-state index in [0.717, 1.165) is 30.7 Å². The minimum Gasteiger partial charge on any atom is -0.460 e. The van der Waals surface area contributed by atoms with Crippen molar-refractivity contribution >= 4 is 5.91 Å². The SMILES string of the molecule is C[C@@H](NC(=O)c1ccnc(OC2CCOCC2)n1)c1ccc(-c2cc(C(F)(F)F)cnc2CN)cc1. The first-order valence-corrected chi connectivity index (χ1v) is 11.5. The van der Waals surface area contributed by atoms with Crippen molar-refractivity contribution in [2.75, 3.05) is 13.2 Å². The molecule has 2 aromatic heterocycles. The minimum absolute atomic E-state index is 0.000835. The number of rotatable bonds is 7. The number of nitrogens with zero attached hydrogens (tertiary/aromatic N) is 3. The number of carbonyl (C=O) groups excluding carboxylic acids is 1. The standard InChI is InChI=1S/C25H26F3N5O3/c1-15(32-23(34)21-6-9-30-24(33-21)36-19-7-10-35-11-8-19)16-2-4-17(5-3-16)20-12-18(25(26,27)28)14-31-22(20)13-29/h2-6,9,12,14-15,19H,7-8,10-11,13,29H2,1H3,(H,32,34)/t15-/m1/s1. The summed E-state index contributed by atoms with van der Waals surface area (Å²) in [6, 6.07) is 9.12. The number of benzene rings is 1. The van der Waals surface area contributed by atoms with Crippen LogP contribution in [-0.4, -0.2) is 40.2 Å². The Hall–Kier alpha value is -3.57. The normalized spacial score (nSPS) is 15.4. The highest BCUT2D eigenvalue weighted by Crippen LogP contribution is 2.33. The highest BCUT2D eigenvalue weighted by Gasteiger charge is 2.31. The van der Waals surface area contributed by atoms with Crippen LogP contribution in [0, 0.1) is 0 Å². The fourth-order valence-electron chi connectivity index (χ4n) is 3.83. The van der Waals surface area contributed by atoms with Gasteiger partial charge in [-0.2, -0.15) is 18.2 Å². The molecule has 1 fully saturated rings. The molecule has 0 aliphatic carbocycles. The number of carbonyl (C=O) groups is 1. The van der Waals surface area contributed by atoms with E-state index in [4.69, 9.17) is 15.2 Å². The van der Waals surface area contributed by atoms with Crippen LogP contribution in [0.5, 0.6) is 6.01 Å². The molecule has 1 amide bonds. The van der Waals surface area contributed by atoms with E-state index in [1.54, 1.807) is 31.2 Å². The van der Waals surface area contributed by atoms with Crippen LogP contribution in [-0.2, 0) is 17.5 Å². The molecule has 3 N–H and O–H groups in total. The molecule has 1 aliphatic heterocycles. The van der Waals surface area contributed by atoms with E-state index in [1.165, 1.54) is 12.3 Å². The number of halogens is 3. The summed E-state index contributed by atoms with van der Waals surface area (Å²) in [4.78, 5) is 25.0. The van der Waals surface area contributed by atoms with Crippen molar-refractivity contribution < 1.29 is 27.4 Å². The van der Waals surface area contributed by atoms with Gasteiger partial charge in [0.1, 0.15) is 11.8 Å². The van der Waals surface area contributed by atoms with Crippen LogP contribution >= 0.6 is 0 Å². The largest absolute Gasteiger partial charge is 0.460 e. The number of aromatic nitrogens is 3. The van der Waals surface area contributed by atoms with Gasteiger partial charge in [0.25, 0.3) is 5.91 Å². The molecule has 0 radical (unpaired) electrons. The van der Waals surface area contributed by atoms with Crippen LogP contribution in [0.25, 0.3) is 11.1 Å². The molecule has 0 bridgehead atoms. The van der Waals surface area contributed by atoms with Gasteiger partial charge < -0.3 is 20.5 Å². The first kappa shape index (κ1) is 25.5. The van der Waals surface area contributed by atoms with Gasteiger partial charge in [-0.15, -0.1) is 0 Å². The molecule has 3 heterocycles. The Balaban J connectivity index is 1.45. The van der Waals surface area contributed by atoms with Gasteiger partial charge in [0.05, 0.1) is 30.5 Å². The molecule has 3 aromatic rings. The first-order valence-electron chi connectivity index (χ1n) is 11.5. The topological polar surface area (TPSA) is 112 Å². The lowest BCUT2D eigenvalue weighted by molar-refractivity contribution is -0.137. The number of alkyl halides is 3. The summed E-state index contributed by atoms with van der Waals surface area (Å²) in [6.45, 7) is 3.02. The second-order valence-electron chi connectivity index (χ2n) is 8.39. The maximum absolute atomic E-state index is 13.2. The Kier molecular flexibility index (Phi) is 7.80. The number of nitrogens with two attached hydrogens (primary N) is 1. The van der Waals surface area contributed by atoms with Crippen molar-refractivity contribution in [3.63, 3.8) is 0 Å². The molecular formula is C25H26F3N5O3. The number of nitrogens with one attached hydrogen (secondary N) is 1. The van der Waals surface area contributed by atoms with Gasteiger partial charge >= 0.3 is 12.2 Å². The van der Waals surface area contributed by atoms with Gasteiger partial charge in [-0.3, -0.25) is 9.78 Å². The summed E-state index contributed by atoms with van der Waals surface area (Å²) >= 11 is 0. The number of ether oxygens (including phenoxy) is 2. The maximum Gasteiger partial charge on any atom is 0.417 e. The van der Waals surface area contributed by atoms with Crippen molar-refractivity contribution in [1.29, 1.82) is 0 Å². The Bertz CT molecular complexity index is 1200. The Labute approximate surface area is 206 Å². The summed E-state index contributed by atoms with van der Waals surface area (Å²) in [7, 11) is 0. The van der Waals surface area contributed by atoms with Crippen molar-refractivity contribution in [2.45, 2.75) is 44.6 Å². The summed E-state index contributed by atoms with van der Waals surface area (Å²) in [5.41, 5.74) is 6.98. The second-order valence-corrected chi connectivity index (χ2v) is 8.39. The molecule has 0 unspecified atom stereocenters. The third-order valence-electron chi connectivity index (χ3n) is 5.87. The Morgan fingerprint density at radius 2 is 1.92 bits per heavy atom. The van der Waals surface area contributed by atoms with Crippen LogP contribution in [0.1, 0.15) is 53.1 Å². The van der Waals surface area contributed by atoms with Crippen LogP contribution < -0.4 is 15.8 Å². The van der Waals surface area contributed by atoms with E-state index in [2.05, 4.69) is 20.3 Å². The van der Waals surface area contributed by atoms with Crippen LogP contribution in [0.2, 0.25) is 0 Å². The predicted molar refractivity (Wildman–Crippen MR) is 125 cm³/mol. The van der Waals surface area contributed by atoms with Crippen molar-refractivity contribution in [3.05, 3.63) is 71.3 Å². The van der Waals surface area contributed by atoms with Crippen LogP contribution in [0.15, 0.2) is 48.8 Å². The van der Waals surface area contributed by atoms with E-state index in [9.17, 15) is 18.0 Å². The van der Waals surface area contributed by atoms with Gasteiger partial charge in [-0.05, 0) is 30.2 Å². The van der Waals surface area contributed by atoms with E-state index < -0.39 is 23.7 Å². The summed E-state index contributed by atoms with van der Waals surface area (Å²) < 4.78 is 50.6. The second kappa shape index (κ2) is 11.0. The summed E-state index contributed by atoms with van der Waals surface area (Å²) in [6.07, 6.45) is -0.850. The minimum atomic E-state index is -4.51. The first-order chi connectivity index (χ1) is 17.2. The molecule has 4 rings (SSSR count). The number of amides is 1. The number of hydrogen-bond donors (Lipinski definition) is 2. The molecule has 0 saturated carbocycles. The lowest BCUT2D eigenvalue weighted by atomic mass is 9.98. The fraction of sp³-hybridized carbons (Fsp3) is 0.360. The van der Waals surface area contributed by atoms with E-state index in [1.807, 2.05) is 0 Å². The number of hydrogen-bond acceptors (Lipinski definition) is 7. The zero-order valence-corrected chi connectivity index (χ0v) is 19.6. The monoisotopic (exact) mass is 501 g/mol. The summed E-state index contributed by atoms with van der Waals surface area (Å²) in [5.74, 6) is -0.404. The molecule has 0 spiro atoms. The Morgan fingerprint density at radius 3 is 2.58 bits per heavy atom. The van der Waals surface area contributed by atoms with Crippen molar-refractivity contribution in [1.82, 2.24) is 20.3 Å². The molecule has 190 valence electrons.